The van der Waals surface area contributed by atoms with Gasteiger partial charge in [-0.25, -0.2) is 9.78 Å². The van der Waals surface area contributed by atoms with Crippen molar-refractivity contribution in [1.82, 2.24) is 14.0 Å². The van der Waals surface area contributed by atoms with Crippen molar-refractivity contribution in [3.63, 3.8) is 0 Å². The third-order valence-electron chi connectivity index (χ3n) is 3.67. The van der Waals surface area contributed by atoms with Gasteiger partial charge in [0.25, 0.3) is 5.56 Å². The summed E-state index contributed by atoms with van der Waals surface area (Å²) in [4.78, 5) is 28.3. The molecule has 2 heterocycles. The van der Waals surface area contributed by atoms with Crippen LogP contribution in [0, 0.1) is 0 Å². The molecule has 0 spiro atoms. The normalized spacial score (nSPS) is 12.0. The first-order chi connectivity index (χ1) is 11.3. The highest BCUT2D eigenvalue weighted by molar-refractivity contribution is 5.96. The Hall–Kier alpha value is -2.84. The van der Waals surface area contributed by atoms with Crippen LogP contribution in [0.15, 0.2) is 29.3 Å². The van der Waals surface area contributed by atoms with Gasteiger partial charge >= 0.3 is 12.1 Å². The molecule has 0 bridgehead atoms. The van der Waals surface area contributed by atoms with Gasteiger partial charge in [-0.1, -0.05) is 0 Å². The first-order valence-corrected chi connectivity index (χ1v) is 6.99. The quantitative estimate of drug-likeness (QED) is 0.673. The zero-order valence-corrected chi connectivity index (χ0v) is 12.7. The Balaban J connectivity index is 2.38. The van der Waals surface area contributed by atoms with Gasteiger partial charge in [0.15, 0.2) is 5.69 Å². The average molecular weight is 339 g/mol. The lowest BCUT2D eigenvalue weighted by molar-refractivity contribution is -0.137. The molecular formula is C15H12F3N3O3. The Morgan fingerprint density at radius 1 is 1.29 bits per heavy atom. The molecule has 3 aromatic rings. The number of rotatable bonds is 2. The number of alkyl halides is 3. The fourth-order valence-electron chi connectivity index (χ4n) is 2.52. The van der Waals surface area contributed by atoms with Crippen LogP contribution in [0.5, 0.6) is 0 Å². The minimum Gasteiger partial charge on any atom is -0.461 e. The molecule has 0 saturated heterocycles. The van der Waals surface area contributed by atoms with E-state index in [1.54, 1.807) is 6.92 Å². The molecule has 0 fully saturated rings. The van der Waals surface area contributed by atoms with Gasteiger partial charge in [0.1, 0.15) is 11.8 Å². The number of hydrogen-bond donors (Lipinski definition) is 0. The Bertz CT molecular complexity index is 1020. The Morgan fingerprint density at radius 3 is 2.62 bits per heavy atom. The minimum atomic E-state index is -4.52. The van der Waals surface area contributed by atoms with Gasteiger partial charge in [-0.05, 0) is 25.1 Å². The van der Waals surface area contributed by atoms with Gasteiger partial charge in [0, 0.05) is 7.05 Å². The van der Waals surface area contributed by atoms with E-state index in [1.807, 2.05) is 0 Å². The molecule has 0 aliphatic carbocycles. The number of imidazole rings is 1. The van der Waals surface area contributed by atoms with Crippen LogP contribution >= 0.6 is 0 Å². The second-order valence-electron chi connectivity index (χ2n) is 5.10. The molecule has 0 radical (unpaired) electrons. The molecule has 3 rings (SSSR count). The molecule has 24 heavy (non-hydrogen) atoms. The van der Waals surface area contributed by atoms with Crippen LogP contribution in [0.25, 0.3) is 16.6 Å². The number of carbonyl (C=O) groups excluding carboxylic acids is 1. The van der Waals surface area contributed by atoms with E-state index in [4.69, 9.17) is 4.74 Å². The number of fused-ring (bicyclic) bond motifs is 3. The van der Waals surface area contributed by atoms with E-state index in [-0.39, 0.29) is 23.3 Å². The van der Waals surface area contributed by atoms with Crippen LogP contribution < -0.4 is 5.56 Å². The molecule has 126 valence electrons. The van der Waals surface area contributed by atoms with Crippen molar-refractivity contribution in [2.75, 3.05) is 6.61 Å². The molecule has 0 saturated carbocycles. The van der Waals surface area contributed by atoms with Crippen molar-refractivity contribution in [3.05, 3.63) is 46.1 Å². The van der Waals surface area contributed by atoms with Gasteiger partial charge < -0.3 is 9.30 Å². The van der Waals surface area contributed by atoms with Crippen LogP contribution in [0.4, 0.5) is 13.2 Å². The summed E-state index contributed by atoms with van der Waals surface area (Å²) in [6, 6.07) is 3.04. The molecule has 0 amide bonds. The summed E-state index contributed by atoms with van der Waals surface area (Å²) in [5.41, 5.74) is -1.31. The van der Waals surface area contributed by atoms with E-state index in [2.05, 4.69) is 4.98 Å². The molecule has 2 aromatic heterocycles. The van der Waals surface area contributed by atoms with E-state index in [9.17, 15) is 22.8 Å². The number of halogens is 3. The molecule has 0 aliphatic heterocycles. The number of nitrogens with zero attached hydrogens (tertiary/aromatic N) is 3. The van der Waals surface area contributed by atoms with Crippen molar-refractivity contribution in [2.45, 2.75) is 13.1 Å². The maximum Gasteiger partial charge on any atom is 0.416 e. The first-order valence-electron chi connectivity index (χ1n) is 6.99. The summed E-state index contributed by atoms with van der Waals surface area (Å²) >= 11 is 0. The highest BCUT2D eigenvalue weighted by Crippen LogP contribution is 2.31. The van der Waals surface area contributed by atoms with Crippen molar-refractivity contribution >= 4 is 22.5 Å². The summed E-state index contributed by atoms with van der Waals surface area (Å²) in [5, 5.41) is 0. The summed E-state index contributed by atoms with van der Waals surface area (Å²) in [7, 11) is 1.34. The van der Waals surface area contributed by atoms with Crippen LogP contribution in [-0.4, -0.2) is 26.5 Å². The predicted octanol–water partition coefficient (Wildman–Crippen LogP) is 2.38. The van der Waals surface area contributed by atoms with Gasteiger partial charge in [-0.15, -0.1) is 0 Å². The highest BCUT2D eigenvalue weighted by atomic mass is 19.4. The van der Waals surface area contributed by atoms with Gasteiger partial charge in [0.05, 0.1) is 23.2 Å². The van der Waals surface area contributed by atoms with E-state index in [0.29, 0.717) is 5.52 Å². The summed E-state index contributed by atoms with van der Waals surface area (Å²) in [6.45, 7) is 1.73. The molecule has 1 aromatic carbocycles. The summed E-state index contributed by atoms with van der Waals surface area (Å²) < 4.78 is 45.9. The zero-order chi connectivity index (χ0) is 17.6. The second-order valence-corrected chi connectivity index (χ2v) is 5.10. The number of carbonyl (C=O) groups is 1. The van der Waals surface area contributed by atoms with E-state index < -0.39 is 23.3 Å². The number of hydrogen-bond acceptors (Lipinski definition) is 4. The fraction of sp³-hybridized carbons (Fsp3) is 0.267. The van der Waals surface area contributed by atoms with E-state index >= 15 is 0 Å². The first kappa shape index (κ1) is 16.0. The monoisotopic (exact) mass is 339 g/mol. The van der Waals surface area contributed by atoms with Crippen LogP contribution in [0.2, 0.25) is 0 Å². The minimum absolute atomic E-state index is 0.0387. The number of aromatic nitrogens is 3. The third-order valence-corrected chi connectivity index (χ3v) is 3.67. The largest absolute Gasteiger partial charge is 0.461 e. The maximum atomic E-state index is 12.9. The van der Waals surface area contributed by atoms with Crippen molar-refractivity contribution < 1.29 is 22.7 Å². The zero-order valence-electron chi connectivity index (χ0n) is 12.7. The number of benzene rings is 1. The topological polar surface area (TPSA) is 65.6 Å². The smallest absolute Gasteiger partial charge is 0.416 e. The molecule has 0 aliphatic rings. The van der Waals surface area contributed by atoms with Gasteiger partial charge in [-0.3, -0.25) is 9.20 Å². The van der Waals surface area contributed by atoms with E-state index in [1.165, 1.54) is 23.8 Å². The van der Waals surface area contributed by atoms with Crippen LogP contribution in [-0.2, 0) is 18.0 Å². The van der Waals surface area contributed by atoms with Gasteiger partial charge in [-0.2, -0.15) is 13.2 Å². The molecule has 0 unspecified atom stereocenters. The highest BCUT2D eigenvalue weighted by Gasteiger charge is 2.31. The lowest BCUT2D eigenvalue weighted by Gasteiger charge is -2.12. The number of esters is 1. The van der Waals surface area contributed by atoms with Crippen molar-refractivity contribution in [1.29, 1.82) is 0 Å². The van der Waals surface area contributed by atoms with E-state index in [0.717, 1.165) is 16.7 Å². The maximum absolute atomic E-state index is 12.9. The summed E-state index contributed by atoms with van der Waals surface area (Å²) in [5.74, 6) is -0.761. The van der Waals surface area contributed by atoms with Crippen molar-refractivity contribution in [2.24, 2.45) is 7.05 Å². The van der Waals surface area contributed by atoms with Crippen LogP contribution in [0.1, 0.15) is 23.0 Å². The van der Waals surface area contributed by atoms with Crippen molar-refractivity contribution in [3.8, 4) is 0 Å². The van der Waals surface area contributed by atoms with Gasteiger partial charge in [0.2, 0.25) is 0 Å². The number of aryl methyl sites for hydroxylation is 1. The summed E-state index contributed by atoms with van der Waals surface area (Å²) in [6.07, 6.45) is -3.30. The lowest BCUT2D eigenvalue weighted by Crippen LogP contribution is -2.22. The lowest BCUT2D eigenvalue weighted by atomic mass is 10.1. The standard InChI is InChI=1S/C15H12F3N3O3/c1-3-24-14(23)11-12-13(22)20(2)10-6-8(15(16,17)18)4-5-9(10)21(12)7-19-11/h4-7H,3H2,1-2H3. The fourth-order valence-corrected chi connectivity index (χ4v) is 2.52. The molecule has 0 atom stereocenters. The number of ether oxygens (including phenoxy) is 1. The Kier molecular flexibility index (Phi) is 3.58. The second kappa shape index (κ2) is 5.36. The average Bonchev–Trinajstić information content (AvgIpc) is 2.96. The predicted molar refractivity (Wildman–Crippen MR) is 78.9 cm³/mol. The molecule has 6 nitrogen and oxygen atoms in total. The third kappa shape index (κ3) is 2.32. The Labute approximate surface area is 133 Å². The van der Waals surface area contributed by atoms with Crippen LogP contribution in [0.3, 0.4) is 0 Å². The SMILES string of the molecule is CCOC(=O)c1ncn2c1c(=O)n(C)c1cc(C(F)(F)F)ccc12. The molecule has 9 heteroatoms. The molecular weight excluding hydrogens is 327 g/mol. The Morgan fingerprint density at radius 2 is 2.00 bits per heavy atom. The molecule has 0 N–H and O–H groups in total.